The fourth-order valence-corrected chi connectivity index (χ4v) is 5.61. The smallest absolute Gasteiger partial charge is 0.254 e. The predicted octanol–water partition coefficient (Wildman–Crippen LogP) is 5.06. The van der Waals surface area contributed by atoms with Gasteiger partial charge >= 0.3 is 0 Å². The van der Waals surface area contributed by atoms with Crippen LogP contribution in [0.1, 0.15) is 47.1 Å². The third-order valence-corrected chi connectivity index (χ3v) is 7.95. The van der Waals surface area contributed by atoms with E-state index in [1.54, 1.807) is 57.5 Å². The van der Waals surface area contributed by atoms with Gasteiger partial charge in [0, 0.05) is 23.0 Å². The number of carbonyl (C=O) groups is 2. The Labute approximate surface area is 219 Å². The van der Waals surface area contributed by atoms with Crippen molar-refractivity contribution in [2.75, 3.05) is 26.5 Å². The number of carbonyl (C=O) groups excluding carboxylic acids is 2. The van der Waals surface area contributed by atoms with Crippen molar-refractivity contribution in [2.24, 2.45) is 0 Å². The third kappa shape index (κ3) is 5.13. The standard InChI is InChI=1S/C28H29FN2O5S/c1-3-18(2)31(28(33)19-8-9-24-25(14-19)36-17-35-24)15-27(32)30-12-10-26-20(11-13-37-26)22(30)16-34-23-7-5-4-6-21(23)29/h4-9,11,13-14,18,22H,3,10,12,15-17H2,1-2H3/t18-,22+/m0/s1. The molecule has 7 nitrogen and oxygen atoms in total. The second-order valence-electron chi connectivity index (χ2n) is 9.15. The summed E-state index contributed by atoms with van der Waals surface area (Å²) in [6.45, 7) is 4.59. The molecular weight excluding hydrogens is 495 g/mol. The van der Waals surface area contributed by atoms with Crippen LogP contribution in [-0.4, -0.2) is 54.1 Å². The Morgan fingerprint density at radius 3 is 2.81 bits per heavy atom. The molecule has 1 aromatic heterocycles. The van der Waals surface area contributed by atoms with Crippen LogP contribution in [0.3, 0.4) is 0 Å². The first-order valence-corrected chi connectivity index (χ1v) is 13.3. The lowest BCUT2D eigenvalue weighted by atomic mass is 10.00. The van der Waals surface area contributed by atoms with Crippen LogP contribution in [0.15, 0.2) is 53.9 Å². The van der Waals surface area contributed by atoms with E-state index < -0.39 is 5.82 Å². The average molecular weight is 525 g/mol. The fraction of sp³-hybridized carbons (Fsp3) is 0.357. The minimum atomic E-state index is -0.445. The molecule has 0 radical (unpaired) electrons. The van der Waals surface area contributed by atoms with Crippen molar-refractivity contribution in [1.29, 1.82) is 0 Å². The summed E-state index contributed by atoms with van der Waals surface area (Å²) in [5.74, 6) is 0.408. The highest BCUT2D eigenvalue weighted by atomic mass is 32.1. The molecule has 0 unspecified atom stereocenters. The number of para-hydroxylation sites is 1. The van der Waals surface area contributed by atoms with Gasteiger partial charge in [-0.15, -0.1) is 11.3 Å². The fourth-order valence-electron chi connectivity index (χ4n) is 4.69. The van der Waals surface area contributed by atoms with Gasteiger partial charge in [0.25, 0.3) is 5.91 Å². The van der Waals surface area contributed by atoms with Gasteiger partial charge in [-0.1, -0.05) is 19.1 Å². The minimum Gasteiger partial charge on any atom is -0.488 e. The Morgan fingerprint density at radius 1 is 1.19 bits per heavy atom. The zero-order chi connectivity index (χ0) is 25.9. The molecule has 3 aromatic rings. The second kappa shape index (κ2) is 10.8. The predicted molar refractivity (Wildman–Crippen MR) is 138 cm³/mol. The number of thiophene rings is 1. The molecule has 0 aliphatic carbocycles. The van der Waals surface area contributed by atoms with Gasteiger partial charge in [-0.2, -0.15) is 0 Å². The van der Waals surface area contributed by atoms with Crippen molar-refractivity contribution in [3.63, 3.8) is 0 Å². The van der Waals surface area contributed by atoms with Crippen LogP contribution < -0.4 is 14.2 Å². The maximum absolute atomic E-state index is 14.2. The van der Waals surface area contributed by atoms with Crippen molar-refractivity contribution in [2.45, 2.75) is 38.8 Å². The molecule has 9 heteroatoms. The number of rotatable bonds is 8. The monoisotopic (exact) mass is 524 g/mol. The second-order valence-corrected chi connectivity index (χ2v) is 10.2. The first kappa shape index (κ1) is 25.1. The molecule has 5 rings (SSSR count). The molecule has 0 spiro atoms. The molecule has 2 aliphatic heterocycles. The molecule has 2 atom stereocenters. The van der Waals surface area contributed by atoms with Gasteiger partial charge in [-0.05, 0) is 67.1 Å². The van der Waals surface area contributed by atoms with Crippen molar-refractivity contribution in [3.05, 3.63) is 75.7 Å². The minimum absolute atomic E-state index is 0.0715. The Morgan fingerprint density at radius 2 is 2.00 bits per heavy atom. The van der Waals surface area contributed by atoms with Crippen molar-refractivity contribution < 1.29 is 28.2 Å². The molecule has 0 saturated heterocycles. The largest absolute Gasteiger partial charge is 0.488 e. The van der Waals surface area contributed by atoms with Crippen molar-refractivity contribution in [3.8, 4) is 17.2 Å². The van der Waals surface area contributed by atoms with Gasteiger partial charge in [-0.3, -0.25) is 9.59 Å². The van der Waals surface area contributed by atoms with Crippen molar-refractivity contribution in [1.82, 2.24) is 9.80 Å². The van der Waals surface area contributed by atoms with Crippen LogP contribution in [0.25, 0.3) is 0 Å². The summed E-state index contributed by atoms with van der Waals surface area (Å²) in [7, 11) is 0. The average Bonchev–Trinajstić information content (AvgIpc) is 3.59. The van der Waals surface area contributed by atoms with E-state index >= 15 is 0 Å². The van der Waals surface area contributed by atoms with Crippen LogP contribution in [0.2, 0.25) is 0 Å². The van der Waals surface area contributed by atoms with E-state index in [0.29, 0.717) is 30.0 Å². The highest BCUT2D eigenvalue weighted by molar-refractivity contribution is 7.10. The molecule has 3 heterocycles. The lowest BCUT2D eigenvalue weighted by Gasteiger charge is -2.38. The number of hydrogen-bond acceptors (Lipinski definition) is 6. The summed E-state index contributed by atoms with van der Waals surface area (Å²) in [5, 5.41) is 2.00. The first-order valence-electron chi connectivity index (χ1n) is 12.4. The van der Waals surface area contributed by atoms with Gasteiger partial charge in [0.05, 0.1) is 6.04 Å². The van der Waals surface area contributed by atoms with Crippen LogP contribution in [0, 0.1) is 5.82 Å². The normalized spacial score (nSPS) is 16.7. The summed E-state index contributed by atoms with van der Waals surface area (Å²) in [6, 6.07) is 12.8. The van der Waals surface area contributed by atoms with Crippen LogP contribution >= 0.6 is 11.3 Å². The molecule has 0 bridgehead atoms. The number of halogens is 1. The molecule has 2 aromatic carbocycles. The van der Waals surface area contributed by atoms with Gasteiger partial charge < -0.3 is 24.0 Å². The van der Waals surface area contributed by atoms with E-state index in [1.165, 1.54) is 10.9 Å². The van der Waals surface area contributed by atoms with E-state index in [1.807, 2.05) is 25.3 Å². The van der Waals surface area contributed by atoms with E-state index in [9.17, 15) is 14.0 Å². The maximum atomic E-state index is 14.2. The Bertz CT molecular complexity index is 1300. The van der Waals surface area contributed by atoms with E-state index in [-0.39, 0.29) is 49.6 Å². The topological polar surface area (TPSA) is 68.3 Å². The SMILES string of the molecule is CC[C@H](C)N(CC(=O)N1CCc2sccc2[C@H]1COc1ccccc1F)C(=O)c1ccc2c(c1)OCO2. The van der Waals surface area contributed by atoms with Crippen LogP contribution in [-0.2, 0) is 11.2 Å². The Hall–Kier alpha value is -3.59. The number of fused-ring (bicyclic) bond motifs is 2. The van der Waals surface area contributed by atoms with Gasteiger partial charge in [0.2, 0.25) is 12.7 Å². The summed E-state index contributed by atoms with van der Waals surface area (Å²) < 4.78 is 30.8. The number of amides is 2. The molecule has 0 saturated carbocycles. The maximum Gasteiger partial charge on any atom is 0.254 e. The lowest BCUT2D eigenvalue weighted by Crippen LogP contribution is -2.49. The first-order chi connectivity index (χ1) is 18.0. The zero-order valence-electron chi connectivity index (χ0n) is 20.8. The highest BCUT2D eigenvalue weighted by Crippen LogP contribution is 2.35. The molecule has 0 fully saturated rings. The van der Waals surface area contributed by atoms with Gasteiger partial charge in [0.15, 0.2) is 23.1 Å². The summed E-state index contributed by atoms with van der Waals surface area (Å²) in [4.78, 5) is 31.8. The Balaban J connectivity index is 1.36. The van der Waals surface area contributed by atoms with E-state index in [2.05, 4.69) is 0 Å². The number of ether oxygens (including phenoxy) is 3. The van der Waals surface area contributed by atoms with Crippen LogP contribution in [0.5, 0.6) is 17.2 Å². The zero-order valence-corrected chi connectivity index (χ0v) is 21.6. The molecule has 194 valence electrons. The Kier molecular flexibility index (Phi) is 7.32. The van der Waals surface area contributed by atoms with Gasteiger partial charge in [-0.25, -0.2) is 4.39 Å². The third-order valence-electron chi connectivity index (χ3n) is 6.96. The van der Waals surface area contributed by atoms with Crippen LogP contribution in [0.4, 0.5) is 4.39 Å². The van der Waals surface area contributed by atoms with E-state index in [0.717, 1.165) is 12.0 Å². The summed E-state index contributed by atoms with van der Waals surface area (Å²) in [6.07, 6.45) is 1.42. The number of nitrogens with zero attached hydrogens (tertiary/aromatic N) is 2. The van der Waals surface area contributed by atoms with Gasteiger partial charge in [0.1, 0.15) is 13.2 Å². The van der Waals surface area contributed by atoms with Crippen molar-refractivity contribution >= 4 is 23.2 Å². The summed E-state index contributed by atoms with van der Waals surface area (Å²) in [5.41, 5.74) is 1.45. The molecule has 0 N–H and O–H groups in total. The highest BCUT2D eigenvalue weighted by Gasteiger charge is 2.35. The molecular formula is C28H29FN2O5S. The lowest BCUT2D eigenvalue weighted by molar-refractivity contribution is -0.136. The number of benzene rings is 2. The molecule has 2 aliphatic rings. The molecule has 2 amide bonds. The summed E-state index contributed by atoms with van der Waals surface area (Å²) >= 11 is 1.65. The molecule has 37 heavy (non-hydrogen) atoms. The van der Waals surface area contributed by atoms with E-state index in [4.69, 9.17) is 14.2 Å². The quantitative estimate of drug-likeness (QED) is 0.412. The number of hydrogen-bond donors (Lipinski definition) is 0.